The Morgan fingerprint density at radius 3 is 2.52 bits per heavy atom. The van der Waals surface area contributed by atoms with Gasteiger partial charge in [0.05, 0.1) is 6.54 Å². The maximum absolute atomic E-state index is 12.1. The number of carbonyl (C=O) groups excluding carboxylic acids is 2. The van der Waals surface area contributed by atoms with Crippen molar-refractivity contribution in [1.29, 1.82) is 0 Å². The maximum atomic E-state index is 12.1. The van der Waals surface area contributed by atoms with Gasteiger partial charge in [0.1, 0.15) is 0 Å². The van der Waals surface area contributed by atoms with Crippen LogP contribution in [0.1, 0.15) is 18.1 Å². The molecule has 0 atom stereocenters. The number of aromatic nitrogens is 1. The largest absolute Gasteiger partial charge is 0.350 e. The van der Waals surface area contributed by atoms with E-state index in [4.69, 9.17) is 11.6 Å². The standard InChI is InChI=1S/C17H18ClN3O2/c1-13(22)21(11-15-4-2-3-5-16(15)18)12-17(23)20-10-14-6-8-19-9-7-14/h2-9H,10-12H2,1H3,(H,20,23). The molecule has 0 saturated carbocycles. The quantitative estimate of drug-likeness (QED) is 0.884. The number of amides is 2. The molecule has 23 heavy (non-hydrogen) atoms. The number of rotatable bonds is 6. The number of halogens is 1. The van der Waals surface area contributed by atoms with E-state index < -0.39 is 0 Å². The minimum Gasteiger partial charge on any atom is -0.350 e. The van der Waals surface area contributed by atoms with Gasteiger partial charge in [0.15, 0.2) is 0 Å². The van der Waals surface area contributed by atoms with Gasteiger partial charge in [-0.15, -0.1) is 0 Å². The summed E-state index contributed by atoms with van der Waals surface area (Å²) < 4.78 is 0. The lowest BCUT2D eigenvalue weighted by Crippen LogP contribution is -2.39. The Morgan fingerprint density at radius 1 is 1.17 bits per heavy atom. The van der Waals surface area contributed by atoms with Crippen LogP contribution < -0.4 is 5.32 Å². The number of pyridine rings is 1. The zero-order valence-electron chi connectivity index (χ0n) is 12.8. The SMILES string of the molecule is CC(=O)N(CC(=O)NCc1ccncc1)Cc1ccccc1Cl. The first-order valence-electron chi connectivity index (χ1n) is 7.21. The van der Waals surface area contributed by atoms with E-state index in [2.05, 4.69) is 10.3 Å². The first-order chi connectivity index (χ1) is 11.1. The van der Waals surface area contributed by atoms with Gasteiger partial charge in [0.2, 0.25) is 11.8 Å². The minimum absolute atomic E-state index is 0.00829. The van der Waals surface area contributed by atoms with E-state index >= 15 is 0 Å². The fourth-order valence-corrected chi connectivity index (χ4v) is 2.24. The van der Waals surface area contributed by atoms with E-state index in [0.29, 0.717) is 18.1 Å². The monoisotopic (exact) mass is 331 g/mol. The molecule has 0 unspecified atom stereocenters. The van der Waals surface area contributed by atoms with Crippen molar-refractivity contribution < 1.29 is 9.59 Å². The van der Waals surface area contributed by atoms with Crippen molar-refractivity contribution in [3.05, 3.63) is 64.9 Å². The Balaban J connectivity index is 1.92. The number of benzene rings is 1. The summed E-state index contributed by atoms with van der Waals surface area (Å²) >= 11 is 6.11. The highest BCUT2D eigenvalue weighted by molar-refractivity contribution is 6.31. The lowest BCUT2D eigenvalue weighted by atomic mass is 10.2. The third kappa shape index (κ3) is 5.38. The second-order valence-corrected chi connectivity index (χ2v) is 5.51. The van der Waals surface area contributed by atoms with E-state index in [1.54, 1.807) is 18.5 Å². The van der Waals surface area contributed by atoms with Crippen molar-refractivity contribution in [2.45, 2.75) is 20.0 Å². The average Bonchev–Trinajstić information content (AvgIpc) is 2.55. The molecule has 1 N–H and O–H groups in total. The van der Waals surface area contributed by atoms with Crippen molar-refractivity contribution in [3.63, 3.8) is 0 Å². The first-order valence-corrected chi connectivity index (χ1v) is 7.58. The predicted octanol–water partition coefficient (Wildman–Crippen LogP) is 2.40. The molecule has 0 saturated heterocycles. The summed E-state index contributed by atoms with van der Waals surface area (Å²) in [6, 6.07) is 10.9. The summed E-state index contributed by atoms with van der Waals surface area (Å²) in [6.45, 7) is 2.13. The van der Waals surface area contributed by atoms with Crippen molar-refractivity contribution in [3.8, 4) is 0 Å². The van der Waals surface area contributed by atoms with Gasteiger partial charge in [-0.3, -0.25) is 14.6 Å². The first kappa shape index (κ1) is 17.0. The van der Waals surface area contributed by atoms with Gasteiger partial charge in [-0.2, -0.15) is 0 Å². The maximum Gasteiger partial charge on any atom is 0.239 e. The fourth-order valence-electron chi connectivity index (χ4n) is 2.04. The molecule has 0 aliphatic heterocycles. The van der Waals surface area contributed by atoms with Crippen LogP contribution in [0.4, 0.5) is 0 Å². The average molecular weight is 332 g/mol. The number of hydrogen-bond donors (Lipinski definition) is 1. The normalized spacial score (nSPS) is 10.2. The molecule has 1 heterocycles. The second-order valence-electron chi connectivity index (χ2n) is 5.10. The van der Waals surface area contributed by atoms with Gasteiger partial charge < -0.3 is 10.2 Å². The zero-order valence-corrected chi connectivity index (χ0v) is 13.6. The van der Waals surface area contributed by atoms with Crippen LogP contribution in [0.5, 0.6) is 0 Å². The second kappa shape index (κ2) is 8.29. The van der Waals surface area contributed by atoms with Crippen molar-refractivity contribution in [2.75, 3.05) is 6.54 Å². The Morgan fingerprint density at radius 2 is 1.87 bits per heavy atom. The zero-order chi connectivity index (χ0) is 16.7. The van der Waals surface area contributed by atoms with E-state index in [1.807, 2.05) is 30.3 Å². The highest BCUT2D eigenvalue weighted by Crippen LogP contribution is 2.17. The molecule has 5 nitrogen and oxygen atoms in total. The molecule has 120 valence electrons. The highest BCUT2D eigenvalue weighted by atomic mass is 35.5. The van der Waals surface area contributed by atoms with Crippen LogP contribution in [-0.2, 0) is 22.7 Å². The molecule has 2 rings (SSSR count). The Labute approximate surface area is 140 Å². The summed E-state index contributed by atoms with van der Waals surface area (Å²) in [5.74, 6) is -0.395. The van der Waals surface area contributed by atoms with Crippen molar-refractivity contribution in [2.24, 2.45) is 0 Å². The van der Waals surface area contributed by atoms with Crippen LogP contribution in [-0.4, -0.2) is 28.2 Å². The summed E-state index contributed by atoms with van der Waals surface area (Å²) in [5.41, 5.74) is 1.76. The summed E-state index contributed by atoms with van der Waals surface area (Å²) in [4.78, 5) is 29.2. The third-order valence-electron chi connectivity index (χ3n) is 3.34. The molecule has 1 aromatic carbocycles. The van der Waals surface area contributed by atoms with Gasteiger partial charge in [0, 0.05) is 37.4 Å². The van der Waals surface area contributed by atoms with E-state index in [-0.39, 0.29) is 18.4 Å². The van der Waals surface area contributed by atoms with Gasteiger partial charge >= 0.3 is 0 Å². The molecule has 0 spiro atoms. The van der Waals surface area contributed by atoms with Gasteiger partial charge in [-0.1, -0.05) is 29.8 Å². The van der Waals surface area contributed by atoms with Crippen molar-refractivity contribution in [1.82, 2.24) is 15.2 Å². The molecule has 2 amide bonds. The van der Waals surface area contributed by atoms with Crippen molar-refractivity contribution >= 4 is 23.4 Å². The molecule has 0 fully saturated rings. The Kier molecular flexibility index (Phi) is 6.11. The van der Waals surface area contributed by atoms with Crippen LogP contribution in [0.25, 0.3) is 0 Å². The molecular formula is C17H18ClN3O2. The third-order valence-corrected chi connectivity index (χ3v) is 3.71. The smallest absolute Gasteiger partial charge is 0.239 e. The molecule has 2 aromatic rings. The minimum atomic E-state index is -0.218. The van der Waals surface area contributed by atoms with Crippen LogP contribution in [0.2, 0.25) is 5.02 Å². The predicted molar refractivity (Wildman–Crippen MR) is 88.6 cm³/mol. The number of nitrogens with one attached hydrogen (secondary N) is 1. The van der Waals surface area contributed by atoms with Gasteiger partial charge in [-0.25, -0.2) is 0 Å². The van der Waals surface area contributed by atoms with Crippen LogP contribution in [0.3, 0.4) is 0 Å². The number of carbonyl (C=O) groups is 2. The van der Waals surface area contributed by atoms with E-state index in [0.717, 1.165) is 11.1 Å². The topological polar surface area (TPSA) is 62.3 Å². The molecule has 0 radical (unpaired) electrons. The highest BCUT2D eigenvalue weighted by Gasteiger charge is 2.15. The number of nitrogens with zero attached hydrogens (tertiary/aromatic N) is 2. The van der Waals surface area contributed by atoms with Crippen LogP contribution in [0, 0.1) is 0 Å². The molecule has 0 bridgehead atoms. The number of hydrogen-bond acceptors (Lipinski definition) is 3. The van der Waals surface area contributed by atoms with E-state index in [1.165, 1.54) is 11.8 Å². The van der Waals surface area contributed by atoms with Crippen LogP contribution >= 0.6 is 11.6 Å². The summed E-state index contributed by atoms with van der Waals surface area (Å²) in [5, 5.41) is 3.37. The van der Waals surface area contributed by atoms with Gasteiger partial charge in [0.25, 0.3) is 0 Å². The Hall–Kier alpha value is -2.40. The lowest BCUT2D eigenvalue weighted by Gasteiger charge is -2.21. The molecule has 0 aliphatic rings. The molecule has 6 heteroatoms. The lowest BCUT2D eigenvalue weighted by molar-refractivity contribution is -0.135. The molecular weight excluding hydrogens is 314 g/mol. The van der Waals surface area contributed by atoms with Crippen LogP contribution in [0.15, 0.2) is 48.8 Å². The summed E-state index contributed by atoms with van der Waals surface area (Å²) in [7, 11) is 0. The Bertz CT molecular complexity index is 677. The fraction of sp³-hybridized carbons (Fsp3) is 0.235. The van der Waals surface area contributed by atoms with E-state index in [9.17, 15) is 9.59 Å². The molecule has 1 aromatic heterocycles. The molecule has 0 aliphatic carbocycles. The summed E-state index contributed by atoms with van der Waals surface area (Å²) in [6.07, 6.45) is 3.33. The van der Waals surface area contributed by atoms with Gasteiger partial charge in [-0.05, 0) is 29.3 Å².